The monoisotopic (exact) mass is 232 g/mol. The van der Waals surface area contributed by atoms with Gasteiger partial charge in [-0.05, 0) is 36.6 Å². The van der Waals surface area contributed by atoms with Crippen LogP contribution in [-0.2, 0) is 11.3 Å². The molecule has 0 aliphatic heterocycles. The molecule has 0 unspecified atom stereocenters. The molecule has 1 saturated carbocycles. The summed E-state index contributed by atoms with van der Waals surface area (Å²) in [6.45, 7) is 6.00. The highest BCUT2D eigenvalue weighted by atomic mass is 16.2. The van der Waals surface area contributed by atoms with Crippen LogP contribution in [0.1, 0.15) is 25.8 Å². The van der Waals surface area contributed by atoms with Crippen LogP contribution in [0.2, 0.25) is 0 Å². The third kappa shape index (κ3) is 3.30. The SMILES string of the molecule is CCNCc1cccc(NC(=O)[C@@H]2C[C@H]2C)c1. The Hall–Kier alpha value is -1.35. The van der Waals surface area contributed by atoms with Crippen molar-refractivity contribution in [3.05, 3.63) is 29.8 Å². The van der Waals surface area contributed by atoms with Crippen LogP contribution in [0.25, 0.3) is 0 Å². The van der Waals surface area contributed by atoms with Gasteiger partial charge in [-0.15, -0.1) is 0 Å². The quantitative estimate of drug-likeness (QED) is 0.818. The van der Waals surface area contributed by atoms with Gasteiger partial charge in [0.1, 0.15) is 0 Å². The summed E-state index contributed by atoms with van der Waals surface area (Å²) in [5.41, 5.74) is 2.11. The van der Waals surface area contributed by atoms with Crippen molar-refractivity contribution in [3.8, 4) is 0 Å². The minimum absolute atomic E-state index is 0.165. The van der Waals surface area contributed by atoms with Gasteiger partial charge in [0, 0.05) is 18.2 Å². The van der Waals surface area contributed by atoms with Gasteiger partial charge in [0.25, 0.3) is 0 Å². The van der Waals surface area contributed by atoms with E-state index in [2.05, 4.69) is 30.5 Å². The first-order valence-corrected chi connectivity index (χ1v) is 6.31. The molecule has 1 amide bonds. The molecular formula is C14H20N2O. The number of nitrogens with one attached hydrogen (secondary N) is 2. The molecule has 0 heterocycles. The van der Waals surface area contributed by atoms with Gasteiger partial charge >= 0.3 is 0 Å². The van der Waals surface area contributed by atoms with Crippen LogP contribution >= 0.6 is 0 Å². The van der Waals surface area contributed by atoms with E-state index in [4.69, 9.17) is 0 Å². The fourth-order valence-corrected chi connectivity index (χ4v) is 1.95. The summed E-state index contributed by atoms with van der Waals surface area (Å²) in [4.78, 5) is 11.8. The Morgan fingerprint density at radius 2 is 2.24 bits per heavy atom. The van der Waals surface area contributed by atoms with E-state index in [1.54, 1.807) is 0 Å². The van der Waals surface area contributed by atoms with Crippen molar-refractivity contribution in [2.24, 2.45) is 11.8 Å². The molecule has 17 heavy (non-hydrogen) atoms. The molecule has 3 nitrogen and oxygen atoms in total. The number of anilines is 1. The zero-order valence-corrected chi connectivity index (χ0v) is 10.5. The van der Waals surface area contributed by atoms with Gasteiger partial charge in [-0.2, -0.15) is 0 Å². The minimum Gasteiger partial charge on any atom is -0.326 e. The second-order valence-corrected chi connectivity index (χ2v) is 4.79. The van der Waals surface area contributed by atoms with Crippen LogP contribution in [0.3, 0.4) is 0 Å². The number of rotatable bonds is 5. The smallest absolute Gasteiger partial charge is 0.227 e. The van der Waals surface area contributed by atoms with Gasteiger partial charge in [0.15, 0.2) is 0 Å². The Morgan fingerprint density at radius 1 is 1.47 bits per heavy atom. The highest BCUT2D eigenvalue weighted by molar-refractivity contribution is 5.94. The molecule has 0 bridgehead atoms. The molecule has 0 spiro atoms. The fourth-order valence-electron chi connectivity index (χ4n) is 1.95. The average molecular weight is 232 g/mol. The van der Waals surface area contributed by atoms with E-state index in [-0.39, 0.29) is 11.8 Å². The lowest BCUT2D eigenvalue weighted by atomic mass is 10.2. The van der Waals surface area contributed by atoms with Gasteiger partial charge < -0.3 is 10.6 Å². The maximum Gasteiger partial charge on any atom is 0.227 e. The first kappa shape index (κ1) is 12.1. The highest BCUT2D eigenvalue weighted by Crippen LogP contribution is 2.38. The fraction of sp³-hybridized carbons (Fsp3) is 0.500. The summed E-state index contributed by atoms with van der Waals surface area (Å²) in [5, 5.41) is 6.26. The van der Waals surface area contributed by atoms with Crippen molar-refractivity contribution < 1.29 is 4.79 Å². The van der Waals surface area contributed by atoms with Gasteiger partial charge in [0.05, 0.1) is 0 Å². The largest absolute Gasteiger partial charge is 0.326 e. The second kappa shape index (κ2) is 5.32. The number of carbonyl (C=O) groups is 1. The molecule has 1 fully saturated rings. The zero-order valence-electron chi connectivity index (χ0n) is 10.5. The molecule has 0 aromatic heterocycles. The van der Waals surface area contributed by atoms with Crippen molar-refractivity contribution in [1.29, 1.82) is 0 Å². The molecule has 2 atom stereocenters. The Labute approximate surface area is 103 Å². The molecule has 0 saturated heterocycles. The molecular weight excluding hydrogens is 212 g/mol. The normalized spacial score (nSPS) is 22.2. The predicted molar refractivity (Wildman–Crippen MR) is 69.7 cm³/mol. The van der Waals surface area contributed by atoms with Crippen LogP contribution in [0.4, 0.5) is 5.69 Å². The van der Waals surface area contributed by atoms with E-state index < -0.39 is 0 Å². The number of hydrogen-bond donors (Lipinski definition) is 2. The highest BCUT2D eigenvalue weighted by Gasteiger charge is 2.38. The number of amides is 1. The van der Waals surface area contributed by atoms with Gasteiger partial charge in [-0.1, -0.05) is 26.0 Å². The third-order valence-corrected chi connectivity index (χ3v) is 3.22. The summed E-state index contributed by atoms with van der Waals surface area (Å²) >= 11 is 0. The third-order valence-electron chi connectivity index (χ3n) is 3.22. The Morgan fingerprint density at radius 3 is 2.88 bits per heavy atom. The molecule has 1 aromatic rings. The standard InChI is InChI=1S/C14H20N2O/c1-3-15-9-11-5-4-6-12(8-11)16-14(17)13-7-10(13)2/h4-6,8,10,13,15H,3,7,9H2,1-2H3,(H,16,17)/t10-,13-/m1/s1. The lowest BCUT2D eigenvalue weighted by Crippen LogP contribution is -2.15. The van der Waals surface area contributed by atoms with Crippen LogP contribution in [-0.4, -0.2) is 12.5 Å². The molecule has 2 rings (SSSR count). The summed E-state index contributed by atoms with van der Waals surface area (Å²) in [7, 11) is 0. The Bertz CT molecular complexity index is 403. The van der Waals surface area contributed by atoms with Crippen molar-refractivity contribution >= 4 is 11.6 Å². The molecule has 3 heteroatoms. The van der Waals surface area contributed by atoms with Crippen LogP contribution in [0.15, 0.2) is 24.3 Å². The summed E-state index contributed by atoms with van der Waals surface area (Å²) in [5.74, 6) is 0.950. The van der Waals surface area contributed by atoms with Gasteiger partial charge in [-0.25, -0.2) is 0 Å². The molecule has 1 aliphatic rings. The maximum atomic E-state index is 11.8. The number of carbonyl (C=O) groups excluding carboxylic acids is 1. The van der Waals surface area contributed by atoms with E-state index >= 15 is 0 Å². The van der Waals surface area contributed by atoms with Crippen molar-refractivity contribution in [2.45, 2.75) is 26.8 Å². The van der Waals surface area contributed by atoms with Crippen LogP contribution in [0.5, 0.6) is 0 Å². The van der Waals surface area contributed by atoms with Gasteiger partial charge in [0.2, 0.25) is 5.91 Å². The van der Waals surface area contributed by atoms with E-state index in [0.29, 0.717) is 5.92 Å². The lowest BCUT2D eigenvalue weighted by Gasteiger charge is -2.07. The van der Waals surface area contributed by atoms with E-state index in [1.165, 1.54) is 5.56 Å². The Kier molecular flexibility index (Phi) is 3.79. The van der Waals surface area contributed by atoms with E-state index in [0.717, 1.165) is 25.2 Å². The van der Waals surface area contributed by atoms with Crippen molar-refractivity contribution in [3.63, 3.8) is 0 Å². The lowest BCUT2D eigenvalue weighted by molar-refractivity contribution is -0.117. The molecule has 0 radical (unpaired) electrons. The first-order chi connectivity index (χ1) is 8.20. The van der Waals surface area contributed by atoms with Crippen molar-refractivity contribution in [1.82, 2.24) is 5.32 Å². The summed E-state index contributed by atoms with van der Waals surface area (Å²) in [6, 6.07) is 8.03. The predicted octanol–water partition coefficient (Wildman–Crippen LogP) is 2.39. The van der Waals surface area contributed by atoms with Crippen LogP contribution < -0.4 is 10.6 Å². The van der Waals surface area contributed by atoms with E-state index in [9.17, 15) is 4.79 Å². The topological polar surface area (TPSA) is 41.1 Å². The molecule has 1 aromatic carbocycles. The van der Waals surface area contributed by atoms with Crippen molar-refractivity contribution in [2.75, 3.05) is 11.9 Å². The second-order valence-electron chi connectivity index (χ2n) is 4.79. The maximum absolute atomic E-state index is 11.8. The van der Waals surface area contributed by atoms with Crippen LogP contribution in [0, 0.1) is 11.8 Å². The van der Waals surface area contributed by atoms with Gasteiger partial charge in [-0.3, -0.25) is 4.79 Å². The Balaban J connectivity index is 1.93. The summed E-state index contributed by atoms with van der Waals surface area (Å²) in [6.07, 6.45) is 1.03. The minimum atomic E-state index is 0.165. The molecule has 2 N–H and O–H groups in total. The average Bonchev–Trinajstić information content (AvgIpc) is 3.04. The molecule has 1 aliphatic carbocycles. The number of hydrogen-bond acceptors (Lipinski definition) is 2. The molecule has 92 valence electrons. The first-order valence-electron chi connectivity index (χ1n) is 6.31. The van der Waals surface area contributed by atoms with E-state index in [1.807, 2.05) is 18.2 Å². The zero-order chi connectivity index (χ0) is 12.3. The number of benzene rings is 1. The summed E-state index contributed by atoms with van der Waals surface area (Å²) < 4.78 is 0.